The van der Waals surface area contributed by atoms with E-state index in [-0.39, 0.29) is 5.60 Å². The monoisotopic (exact) mass is 142 g/mol. The maximum absolute atomic E-state index is 9.84. The second-order valence-electron chi connectivity index (χ2n) is 4.20. The van der Waals surface area contributed by atoms with Crippen molar-refractivity contribution in [2.24, 2.45) is 17.8 Å². The molecule has 1 aliphatic rings. The fraction of sp³-hybridized carbons (Fsp3) is 1.00. The molecule has 0 amide bonds. The molecule has 1 fully saturated rings. The summed E-state index contributed by atoms with van der Waals surface area (Å²) in [6.07, 6.45) is 1.02. The Balaban J connectivity index is 2.48. The summed E-state index contributed by atoms with van der Waals surface area (Å²) in [6, 6.07) is 0. The first kappa shape index (κ1) is 8.06. The average Bonchev–Trinajstić information content (AvgIpc) is 2.43. The molecular weight excluding hydrogens is 124 g/mol. The third kappa shape index (κ3) is 1.07. The molecule has 1 saturated carbocycles. The molecule has 1 aliphatic carbocycles. The van der Waals surface area contributed by atoms with Crippen molar-refractivity contribution < 1.29 is 5.11 Å². The summed E-state index contributed by atoms with van der Waals surface area (Å²) < 4.78 is 0. The fourth-order valence-electron chi connectivity index (χ4n) is 1.77. The van der Waals surface area contributed by atoms with Gasteiger partial charge in [-0.2, -0.15) is 0 Å². The molecule has 0 heterocycles. The minimum absolute atomic E-state index is 0.311. The Hall–Kier alpha value is -0.0400. The normalized spacial score (nSPS) is 39.3. The van der Waals surface area contributed by atoms with Crippen molar-refractivity contribution in [3.05, 3.63) is 0 Å². The van der Waals surface area contributed by atoms with Crippen molar-refractivity contribution in [1.29, 1.82) is 0 Å². The number of hydrogen-bond acceptors (Lipinski definition) is 1. The fourth-order valence-corrected chi connectivity index (χ4v) is 1.77. The molecule has 1 heteroatoms. The summed E-state index contributed by atoms with van der Waals surface area (Å²) in [5.74, 6) is 1.64. The molecule has 0 aromatic heterocycles. The van der Waals surface area contributed by atoms with Crippen molar-refractivity contribution >= 4 is 0 Å². The minimum Gasteiger partial charge on any atom is -0.389 e. The van der Waals surface area contributed by atoms with E-state index in [9.17, 15) is 5.11 Å². The maximum Gasteiger partial charge on any atom is 0.0705 e. The van der Waals surface area contributed by atoms with Crippen LogP contribution in [0.3, 0.4) is 0 Å². The summed E-state index contributed by atoms with van der Waals surface area (Å²) in [6.45, 7) is 8.57. The summed E-state index contributed by atoms with van der Waals surface area (Å²) in [4.78, 5) is 0. The highest BCUT2D eigenvalue weighted by molar-refractivity contribution is 5.06. The van der Waals surface area contributed by atoms with Gasteiger partial charge in [-0.05, 0) is 24.2 Å². The molecule has 0 aliphatic heterocycles. The van der Waals surface area contributed by atoms with Crippen LogP contribution in [0, 0.1) is 17.8 Å². The van der Waals surface area contributed by atoms with Crippen LogP contribution in [0.5, 0.6) is 0 Å². The van der Waals surface area contributed by atoms with Gasteiger partial charge >= 0.3 is 0 Å². The quantitative estimate of drug-likeness (QED) is 0.625. The first-order valence-corrected chi connectivity index (χ1v) is 4.21. The van der Waals surface area contributed by atoms with Crippen LogP contribution in [0.1, 0.15) is 34.1 Å². The van der Waals surface area contributed by atoms with Crippen molar-refractivity contribution in [3.8, 4) is 0 Å². The zero-order valence-corrected chi connectivity index (χ0v) is 7.39. The first-order valence-electron chi connectivity index (χ1n) is 4.21. The summed E-state index contributed by atoms with van der Waals surface area (Å²) >= 11 is 0. The molecule has 0 saturated heterocycles. The Labute approximate surface area is 63.4 Å². The molecule has 2 unspecified atom stereocenters. The molecule has 0 spiro atoms. The van der Waals surface area contributed by atoms with E-state index < -0.39 is 0 Å². The third-order valence-electron chi connectivity index (χ3n) is 2.83. The van der Waals surface area contributed by atoms with Gasteiger partial charge in [-0.15, -0.1) is 0 Å². The Kier molecular flexibility index (Phi) is 1.80. The van der Waals surface area contributed by atoms with Crippen LogP contribution in [0.15, 0.2) is 0 Å². The van der Waals surface area contributed by atoms with Crippen LogP contribution in [-0.2, 0) is 0 Å². The van der Waals surface area contributed by atoms with Crippen LogP contribution < -0.4 is 0 Å². The van der Waals surface area contributed by atoms with Gasteiger partial charge in [0.05, 0.1) is 5.60 Å². The molecule has 10 heavy (non-hydrogen) atoms. The van der Waals surface area contributed by atoms with E-state index in [1.807, 2.05) is 0 Å². The largest absolute Gasteiger partial charge is 0.389 e. The highest BCUT2D eigenvalue weighted by Crippen LogP contribution is 2.52. The Morgan fingerprint density at radius 3 is 1.90 bits per heavy atom. The maximum atomic E-state index is 9.84. The Morgan fingerprint density at radius 1 is 1.30 bits per heavy atom. The van der Waals surface area contributed by atoms with Gasteiger partial charge < -0.3 is 5.11 Å². The van der Waals surface area contributed by atoms with Gasteiger partial charge in [0, 0.05) is 0 Å². The van der Waals surface area contributed by atoms with Crippen LogP contribution in [-0.4, -0.2) is 10.7 Å². The molecule has 0 aromatic carbocycles. The van der Waals surface area contributed by atoms with E-state index in [2.05, 4.69) is 27.7 Å². The van der Waals surface area contributed by atoms with E-state index in [1.54, 1.807) is 0 Å². The van der Waals surface area contributed by atoms with Crippen molar-refractivity contribution in [2.75, 3.05) is 0 Å². The molecule has 1 nitrogen and oxygen atoms in total. The Morgan fingerprint density at radius 2 is 1.80 bits per heavy atom. The lowest BCUT2D eigenvalue weighted by atomic mass is 9.97. The molecule has 2 atom stereocenters. The highest BCUT2D eigenvalue weighted by atomic mass is 16.3. The van der Waals surface area contributed by atoms with Crippen LogP contribution in [0.4, 0.5) is 0 Å². The van der Waals surface area contributed by atoms with Gasteiger partial charge in [-0.25, -0.2) is 0 Å². The molecular formula is C9H18O. The summed E-state index contributed by atoms with van der Waals surface area (Å²) in [5, 5.41) is 9.84. The van der Waals surface area contributed by atoms with Crippen LogP contribution >= 0.6 is 0 Å². The Bertz CT molecular complexity index is 129. The number of hydrogen-bond donors (Lipinski definition) is 1. The second-order valence-corrected chi connectivity index (χ2v) is 4.20. The standard InChI is InChI=1S/C9H18O/c1-6(2)8-5-9(8,10)7(3)4/h6-8,10H,5H2,1-4H3. The van der Waals surface area contributed by atoms with E-state index in [0.717, 1.165) is 6.42 Å². The van der Waals surface area contributed by atoms with Gasteiger partial charge in [-0.3, -0.25) is 0 Å². The van der Waals surface area contributed by atoms with E-state index in [4.69, 9.17) is 0 Å². The van der Waals surface area contributed by atoms with E-state index >= 15 is 0 Å². The predicted molar refractivity (Wildman–Crippen MR) is 42.7 cm³/mol. The van der Waals surface area contributed by atoms with Crippen LogP contribution in [0.2, 0.25) is 0 Å². The zero-order chi connectivity index (χ0) is 7.94. The SMILES string of the molecule is CC(C)C1CC1(O)C(C)C. The van der Waals surface area contributed by atoms with Crippen LogP contribution in [0.25, 0.3) is 0 Å². The predicted octanol–water partition coefficient (Wildman–Crippen LogP) is 2.05. The highest BCUT2D eigenvalue weighted by Gasteiger charge is 2.55. The molecule has 60 valence electrons. The molecule has 0 bridgehead atoms. The lowest BCUT2D eigenvalue weighted by Gasteiger charge is -2.15. The van der Waals surface area contributed by atoms with Crippen molar-refractivity contribution in [3.63, 3.8) is 0 Å². The average molecular weight is 142 g/mol. The van der Waals surface area contributed by atoms with Gasteiger partial charge in [0.1, 0.15) is 0 Å². The lowest BCUT2D eigenvalue weighted by molar-refractivity contribution is 0.0732. The van der Waals surface area contributed by atoms with Gasteiger partial charge in [-0.1, -0.05) is 27.7 Å². The van der Waals surface area contributed by atoms with Gasteiger partial charge in [0.15, 0.2) is 0 Å². The molecule has 1 rings (SSSR count). The minimum atomic E-state index is -0.311. The molecule has 1 N–H and O–H groups in total. The lowest BCUT2D eigenvalue weighted by Crippen LogP contribution is -2.21. The van der Waals surface area contributed by atoms with E-state index in [1.165, 1.54) is 0 Å². The van der Waals surface area contributed by atoms with Crippen molar-refractivity contribution in [2.45, 2.75) is 39.7 Å². The van der Waals surface area contributed by atoms with Crippen molar-refractivity contribution in [1.82, 2.24) is 0 Å². The van der Waals surface area contributed by atoms with E-state index in [0.29, 0.717) is 17.8 Å². The topological polar surface area (TPSA) is 20.2 Å². The summed E-state index contributed by atoms with van der Waals surface area (Å²) in [7, 11) is 0. The molecule has 0 aromatic rings. The number of aliphatic hydroxyl groups is 1. The third-order valence-corrected chi connectivity index (χ3v) is 2.83. The smallest absolute Gasteiger partial charge is 0.0705 e. The van der Waals surface area contributed by atoms with Gasteiger partial charge in [0.2, 0.25) is 0 Å². The second kappa shape index (κ2) is 2.23. The first-order chi connectivity index (χ1) is 4.48. The number of rotatable bonds is 2. The molecule has 0 radical (unpaired) electrons. The van der Waals surface area contributed by atoms with Gasteiger partial charge in [0.25, 0.3) is 0 Å². The zero-order valence-electron chi connectivity index (χ0n) is 7.39. The summed E-state index contributed by atoms with van der Waals surface area (Å²) in [5.41, 5.74) is -0.311.